The Bertz CT molecular complexity index is 840. The van der Waals surface area contributed by atoms with E-state index in [2.05, 4.69) is 0 Å². The van der Waals surface area contributed by atoms with E-state index in [-0.39, 0.29) is 11.3 Å². The molecule has 2 aromatic rings. The zero-order valence-corrected chi connectivity index (χ0v) is 15.0. The standard InChI is InChI=1S/C16H15Cl2NO4S/c1-19(24(22,23)13-5-3-2-4-6-13)15(16(20)21)9-11-7-8-12(17)10-14(11)18/h2-8,10,15H,9H2,1H3,(H,20,21). The summed E-state index contributed by atoms with van der Waals surface area (Å²) in [6.07, 6.45) is -0.0755. The van der Waals surface area contributed by atoms with Crippen LogP contribution in [0.15, 0.2) is 53.4 Å². The molecule has 5 nitrogen and oxygen atoms in total. The second kappa shape index (κ2) is 7.53. The van der Waals surface area contributed by atoms with Crippen molar-refractivity contribution < 1.29 is 18.3 Å². The Morgan fingerprint density at radius 1 is 1.17 bits per heavy atom. The molecule has 8 heteroatoms. The van der Waals surface area contributed by atoms with Gasteiger partial charge in [0.1, 0.15) is 6.04 Å². The molecule has 0 amide bonds. The molecule has 0 radical (unpaired) electrons. The monoisotopic (exact) mass is 387 g/mol. The first-order valence-corrected chi connectivity index (χ1v) is 9.13. The third kappa shape index (κ3) is 4.08. The molecule has 1 atom stereocenters. The van der Waals surface area contributed by atoms with Crippen LogP contribution in [0.1, 0.15) is 5.56 Å². The molecule has 0 spiro atoms. The number of nitrogens with zero attached hydrogens (tertiary/aromatic N) is 1. The molecule has 24 heavy (non-hydrogen) atoms. The highest BCUT2D eigenvalue weighted by Crippen LogP contribution is 2.25. The molecule has 2 aromatic carbocycles. The van der Waals surface area contributed by atoms with Gasteiger partial charge in [-0.15, -0.1) is 0 Å². The van der Waals surface area contributed by atoms with Gasteiger partial charge in [-0.05, 0) is 29.8 Å². The van der Waals surface area contributed by atoms with Crippen molar-refractivity contribution >= 4 is 39.2 Å². The summed E-state index contributed by atoms with van der Waals surface area (Å²) in [4.78, 5) is 11.7. The number of hydrogen-bond donors (Lipinski definition) is 1. The van der Waals surface area contributed by atoms with Gasteiger partial charge < -0.3 is 5.11 Å². The van der Waals surface area contributed by atoms with Crippen molar-refractivity contribution in [1.82, 2.24) is 4.31 Å². The van der Waals surface area contributed by atoms with Crippen LogP contribution in [0.3, 0.4) is 0 Å². The summed E-state index contributed by atoms with van der Waals surface area (Å²) in [5, 5.41) is 10.2. The molecule has 0 aromatic heterocycles. The van der Waals surface area contributed by atoms with Crippen molar-refractivity contribution in [3.05, 3.63) is 64.1 Å². The topological polar surface area (TPSA) is 74.7 Å². The highest BCUT2D eigenvalue weighted by atomic mass is 35.5. The quantitative estimate of drug-likeness (QED) is 0.824. The Morgan fingerprint density at radius 2 is 1.79 bits per heavy atom. The SMILES string of the molecule is CN(C(Cc1ccc(Cl)cc1Cl)C(=O)O)S(=O)(=O)c1ccccc1. The summed E-state index contributed by atoms with van der Waals surface area (Å²) in [7, 11) is -2.70. The lowest BCUT2D eigenvalue weighted by atomic mass is 10.1. The first-order chi connectivity index (χ1) is 11.2. The van der Waals surface area contributed by atoms with Gasteiger partial charge in [0.15, 0.2) is 0 Å². The molecular formula is C16H15Cl2NO4S. The van der Waals surface area contributed by atoms with E-state index < -0.39 is 22.0 Å². The van der Waals surface area contributed by atoms with Gasteiger partial charge in [0.25, 0.3) is 0 Å². The second-order valence-electron chi connectivity index (χ2n) is 5.13. The highest BCUT2D eigenvalue weighted by Gasteiger charge is 2.33. The molecule has 128 valence electrons. The van der Waals surface area contributed by atoms with Crippen LogP contribution in [0.2, 0.25) is 10.0 Å². The van der Waals surface area contributed by atoms with Crippen LogP contribution < -0.4 is 0 Å². The van der Waals surface area contributed by atoms with Gasteiger partial charge in [0, 0.05) is 23.5 Å². The number of halogens is 2. The Morgan fingerprint density at radius 3 is 2.33 bits per heavy atom. The van der Waals surface area contributed by atoms with Crippen LogP contribution in [-0.4, -0.2) is 36.9 Å². The van der Waals surface area contributed by atoms with Gasteiger partial charge in [0.05, 0.1) is 4.90 Å². The zero-order chi connectivity index (χ0) is 17.9. The number of carbonyl (C=O) groups is 1. The largest absolute Gasteiger partial charge is 0.480 e. The summed E-state index contributed by atoms with van der Waals surface area (Å²) in [5.74, 6) is -1.26. The van der Waals surface area contributed by atoms with Crippen LogP contribution in [0, 0.1) is 0 Å². The van der Waals surface area contributed by atoms with Crippen molar-refractivity contribution in [2.24, 2.45) is 0 Å². The molecule has 2 rings (SSSR count). The highest BCUT2D eigenvalue weighted by molar-refractivity contribution is 7.89. The van der Waals surface area contributed by atoms with Crippen molar-refractivity contribution in [3.8, 4) is 0 Å². The minimum absolute atomic E-state index is 0.0287. The molecule has 0 heterocycles. The number of likely N-dealkylation sites (N-methyl/N-ethyl adjacent to an activating group) is 1. The van der Waals surface area contributed by atoms with Crippen LogP contribution in [0.5, 0.6) is 0 Å². The summed E-state index contributed by atoms with van der Waals surface area (Å²) >= 11 is 11.9. The third-order valence-electron chi connectivity index (χ3n) is 3.57. The van der Waals surface area contributed by atoms with Crippen molar-refractivity contribution in [3.63, 3.8) is 0 Å². The molecule has 1 unspecified atom stereocenters. The van der Waals surface area contributed by atoms with Crippen LogP contribution in [0.25, 0.3) is 0 Å². The van der Waals surface area contributed by atoms with E-state index in [0.29, 0.717) is 15.6 Å². The Labute approximate surface area is 150 Å². The molecule has 0 saturated heterocycles. The lowest BCUT2D eigenvalue weighted by Gasteiger charge is -2.24. The third-order valence-corrected chi connectivity index (χ3v) is 6.04. The van der Waals surface area contributed by atoms with Crippen LogP contribution in [-0.2, 0) is 21.2 Å². The second-order valence-corrected chi connectivity index (χ2v) is 7.97. The maximum atomic E-state index is 12.6. The van der Waals surface area contributed by atoms with Gasteiger partial charge >= 0.3 is 5.97 Å². The Kier molecular flexibility index (Phi) is 5.87. The molecular weight excluding hydrogens is 373 g/mol. The van der Waals surface area contributed by atoms with E-state index >= 15 is 0 Å². The van der Waals surface area contributed by atoms with E-state index in [9.17, 15) is 18.3 Å². The van der Waals surface area contributed by atoms with Gasteiger partial charge in [-0.3, -0.25) is 4.79 Å². The van der Waals surface area contributed by atoms with Gasteiger partial charge in [-0.2, -0.15) is 4.31 Å². The summed E-state index contributed by atoms with van der Waals surface area (Å²) in [5.41, 5.74) is 0.503. The van der Waals surface area contributed by atoms with Crippen molar-refractivity contribution in [1.29, 1.82) is 0 Å². The average Bonchev–Trinajstić information content (AvgIpc) is 2.54. The maximum absolute atomic E-state index is 12.6. The predicted octanol–water partition coefficient (Wildman–Crippen LogP) is 3.31. The van der Waals surface area contributed by atoms with E-state index in [0.717, 1.165) is 4.31 Å². The fourth-order valence-corrected chi connectivity index (χ4v) is 4.01. The number of carboxylic acid groups (broad SMARTS) is 1. The molecule has 0 aliphatic rings. The number of aliphatic carboxylic acids is 1. The summed E-state index contributed by atoms with van der Waals surface area (Å²) in [6, 6.07) is 11.0. The molecule has 0 aliphatic heterocycles. The number of hydrogen-bond acceptors (Lipinski definition) is 3. The number of carboxylic acids is 1. The zero-order valence-electron chi connectivity index (χ0n) is 12.7. The van der Waals surface area contributed by atoms with Crippen molar-refractivity contribution in [2.45, 2.75) is 17.4 Å². The Balaban J connectivity index is 2.35. The number of sulfonamides is 1. The fraction of sp³-hybridized carbons (Fsp3) is 0.188. The van der Waals surface area contributed by atoms with E-state index in [1.807, 2.05) is 0 Å². The van der Waals surface area contributed by atoms with Crippen LogP contribution in [0.4, 0.5) is 0 Å². The van der Waals surface area contributed by atoms with E-state index in [1.54, 1.807) is 30.3 Å². The maximum Gasteiger partial charge on any atom is 0.322 e. The number of benzene rings is 2. The normalized spacial score (nSPS) is 13.0. The van der Waals surface area contributed by atoms with Gasteiger partial charge in [-0.1, -0.05) is 47.5 Å². The van der Waals surface area contributed by atoms with Crippen LogP contribution >= 0.6 is 23.2 Å². The predicted molar refractivity (Wildman–Crippen MR) is 93.0 cm³/mol. The smallest absolute Gasteiger partial charge is 0.322 e. The first-order valence-electron chi connectivity index (χ1n) is 6.93. The average molecular weight is 388 g/mol. The summed E-state index contributed by atoms with van der Waals surface area (Å²) < 4.78 is 26.1. The lowest BCUT2D eigenvalue weighted by Crippen LogP contribution is -2.43. The molecule has 0 saturated carbocycles. The molecule has 0 aliphatic carbocycles. The first kappa shape index (κ1) is 18.7. The van der Waals surface area contributed by atoms with Gasteiger partial charge in [-0.25, -0.2) is 8.42 Å². The molecule has 0 fully saturated rings. The van der Waals surface area contributed by atoms with Crippen molar-refractivity contribution in [2.75, 3.05) is 7.05 Å². The lowest BCUT2D eigenvalue weighted by molar-refractivity contribution is -0.141. The number of rotatable bonds is 6. The minimum Gasteiger partial charge on any atom is -0.480 e. The summed E-state index contributed by atoms with van der Waals surface area (Å²) in [6.45, 7) is 0. The molecule has 0 bridgehead atoms. The van der Waals surface area contributed by atoms with E-state index in [4.69, 9.17) is 23.2 Å². The fourth-order valence-electron chi connectivity index (χ4n) is 2.19. The Hall–Kier alpha value is -1.60. The van der Waals surface area contributed by atoms with E-state index in [1.165, 1.54) is 25.2 Å². The molecule has 1 N–H and O–H groups in total. The van der Waals surface area contributed by atoms with Gasteiger partial charge in [0.2, 0.25) is 10.0 Å². The minimum atomic E-state index is -3.94.